The summed E-state index contributed by atoms with van der Waals surface area (Å²) in [5.41, 5.74) is 0.975. The van der Waals surface area contributed by atoms with Crippen LogP contribution < -0.4 is 0 Å². The van der Waals surface area contributed by atoms with Crippen LogP contribution in [0.4, 0.5) is 0 Å². The van der Waals surface area contributed by atoms with Crippen LogP contribution in [0.5, 0.6) is 0 Å². The summed E-state index contributed by atoms with van der Waals surface area (Å²) < 4.78 is 0. The number of piperidine rings is 1. The highest BCUT2D eigenvalue weighted by Gasteiger charge is 2.20. The van der Waals surface area contributed by atoms with Gasteiger partial charge in [0, 0.05) is 24.4 Å². The van der Waals surface area contributed by atoms with Crippen molar-refractivity contribution in [1.29, 1.82) is 0 Å². The van der Waals surface area contributed by atoms with E-state index in [1.807, 2.05) is 6.07 Å². The Morgan fingerprint density at radius 1 is 1.65 bits per heavy atom. The van der Waals surface area contributed by atoms with Crippen molar-refractivity contribution >= 4 is 5.97 Å². The molecule has 1 aliphatic rings. The van der Waals surface area contributed by atoms with E-state index in [0.717, 1.165) is 25.2 Å². The number of rotatable bonds is 3. The van der Waals surface area contributed by atoms with Crippen molar-refractivity contribution in [2.45, 2.75) is 25.2 Å². The van der Waals surface area contributed by atoms with Gasteiger partial charge in [-0.25, -0.2) is 9.97 Å². The van der Waals surface area contributed by atoms with E-state index < -0.39 is 5.97 Å². The molecule has 2 rings (SSSR count). The maximum Gasteiger partial charge on any atom is 0.311 e. The van der Waals surface area contributed by atoms with E-state index in [1.165, 1.54) is 6.42 Å². The zero-order chi connectivity index (χ0) is 12.3. The molecule has 1 N–H and O–H groups in total. The van der Waals surface area contributed by atoms with Crippen molar-refractivity contribution in [2.24, 2.45) is 0 Å². The summed E-state index contributed by atoms with van der Waals surface area (Å²) in [6.45, 7) is 2.12. The number of carboxylic acid groups (broad SMARTS) is 1. The van der Waals surface area contributed by atoms with Crippen LogP contribution in [-0.4, -0.2) is 46.1 Å². The van der Waals surface area contributed by atoms with E-state index in [4.69, 9.17) is 5.11 Å². The zero-order valence-corrected chi connectivity index (χ0v) is 9.96. The highest BCUT2D eigenvalue weighted by molar-refractivity contribution is 5.68. The Bertz CT molecular complexity index is 408. The van der Waals surface area contributed by atoms with Crippen molar-refractivity contribution in [3.63, 3.8) is 0 Å². The largest absolute Gasteiger partial charge is 0.481 e. The second-order valence-corrected chi connectivity index (χ2v) is 4.57. The number of hydrogen-bond acceptors (Lipinski definition) is 4. The van der Waals surface area contributed by atoms with E-state index in [0.29, 0.717) is 11.7 Å². The molecule has 5 nitrogen and oxygen atoms in total. The van der Waals surface area contributed by atoms with Gasteiger partial charge in [-0.15, -0.1) is 0 Å². The van der Waals surface area contributed by atoms with Crippen molar-refractivity contribution in [1.82, 2.24) is 14.9 Å². The van der Waals surface area contributed by atoms with Crippen molar-refractivity contribution in [3.05, 3.63) is 23.8 Å². The van der Waals surface area contributed by atoms with Crippen LogP contribution in [0.15, 0.2) is 12.3 Å². The average Bonchev–Trinajstić information content (AvgIpc) is 2.28. The highest BCUT2D eigenvalue weighted by Crippen LogP contribution is 2.24. The van der Waals surface area contributed by atoms with Crippen molar-refractivity contribution in [3.8, 4) is 0 Å². The molecule has 1 saturated heterocycles. The Morgan fingerprint density at radius 2 is 2.47 bits per heavy atom. The first-order valence-corrected chi connectivity index (χ1v) is 5.87. The van der Waals surface area contributed by atoms with E-state index in [1.54, 1.807) is 6.20 Å². The second-order valence-electron chi connectivity index (χ2n) is 4.57. The maximum absolute atomic E-state index is 10.6. The monoisotopic (exact) mass is 235 g/mol. The second kappa shape index (κ2) is 5.23. The molecule has 1 aliphatic heterocycles. The summed E-state index contributed by atoms with van der Waals surface area (Å²) >= 11 is 0. The van der Waals surface area contributed by atoms with Gasteiger partial charge in [0.2, 0.25) is 0 Å². The van der Waals surface area contributed by atoms with Gasteiger partial charge in [0.05, 0.1) is 0 Å². The molecular formula is C12H17N3O2. The lowest BCUT2D eigenvalue weighted by atomic mass is 9.95. The van der Waals surface area contributed by atoms with Gasteiger partial charge in [0.25, 0.3) is 0 Å². The Labute approximate surface area is 100 Å². The molecule has 0 aromatic carbocycles. The highest BCUT2D eigenvalue weighted by atomic mass is 16.4. The molecule has 5 heteroatoms. The number of hydrogen-bond donors (Lipinski definition) is 1. The molecule has 1 fully saturated rings. The summed E-state index contributed by atoms with van der Waals surface area (Å²) in [5, 5.41) is 8.72. The number of aromatic nitrogens is 2. The predicted octanol–water partition coefficient (Wildman–Crippen LogP) is 0.913. The maximum atomic E-state index is 10.6. The summed E-state index contributed by atoms with van der Waals surface area (Å²) in [7, 11) is 2.10. The molecule has 1 aromatic heterocycles. The van der Waals surface area contributed by atoms with Gasteiger partial charge in [-0.1, -0.05) is 0 Å². The van der Waals surface area contributed by atoms with Gasteiger partial charge >= 0.3 is 5.97 Å². The first-order chi connectivity index (χ1) is 8.15. The fourth-order valence-corrected chi connectivity index (χ4v) is 2.27. The van der Waals surface area contributed by atoms with E-state index in [-0.39, 0.29) is 6.42 Å². The number of carbonyl (C=O) groups is 1. The number of likely N-dealkylation sites (N-methyl/N-ethyl adjacent to an activating group) is 1. The molecule has 0 saturated carbocycles. The van der Waals surface area contributed by atoms with Crippen LogP contribution in [0.1, 0.15) is 30.3 Å². The smallest absolute Gasteiger partial charge is 0.311 e. The Morgan fingerprint density at radius 3 is 3.18 bits per heavy atom. The number of aliphatic carboxylic acids is 1. The van der Waals surface area contributed by atoms with E-state index >= 15 is 0 Å². The lowest BCUT2D eigenvalue weighted by molar-refractivity contribution is -0.136. The molecule has 2 heterocycles. The molecule has 17 heavy (non-hydrogen) atoms. The summed E-state index contributed by atoms with van der Waals surface area (Å²) in [6.07, 6.45) is 3.85. The molecule has 92 valence electrons. The molecule has 1 atom stereocenters. The third-order valence-electron chi connectivity index (χ3n) is 3.08. The molecular weight excluding hydrogens is 218 g/mol. The van der Waals surface area contributed by atoms with Crippen molar-refractivity contribution in [2.75, 3.05) is 20.1 Å². The first-order valence-electron chi connectivity index (χ1n) is 5.87. The van der Waals surface area contributed by atoms with Crippen molar-refractivity contribution < 1.29 is 9.90 Å². The van der Waals surface area contributed by atoms with Crippen LogP contribution in [-0.2, 0) is 11.2 Å². The Balaban J connectivity index is 2.12. The fourth-order valence-electron chi connectivity index (χ4n) is 2.27. The minimum absolute atomic E-state index is 0.101. The lowest BCUT2D eigenvalue weighted by Crippen LogP contribution is -2.31. The third kappa shape index (κ3) is 3.23. The molecule has 0 radical (unpaired) electrons. The molecule has 0 amide bonds. The SMILES string of the molecule is CN1CCCC(c2ccnc(CC(=O)O)n2)C1. The average molecular weight is 235 g/mol. The minimum atomic E-state index is -0.886. The normalized spacial score (nSPS) is 21.4. The van der Waals surface area contributed by atoms with Crippen LogP contribution in [0.2, 0.25) is 0 Å². The predicted molar refractivity (Wildman–Crippen MR) is 62.8 cm³/mol. The van der Waals surface area contributed by atoms with Crippen LogP contribution in [0, 0.1) is 0 Å². The molecule has 1 aromatic rings. The van der Waals surface area contributed by atoms with Gasteiger partial charge in [0.1, 0.15) is 12.2 Å². The quantitative estimate of drug-likeness (QED) is 0.843. The van der Waals surface area contributed by atoms with Gasteiger partial charge in [-0.05, 0) is 32.5 Å². The minimum Gasteiger partial charge on any atom is -0.481 e. The Kier molecular flexibility index (Phi) is 3.68. The number of nitrogens with zero attached hydrogens (tertiary/aromatic N) is 3. The Hall–Kier alpha value is -1.49. The molecule has 0 bridgehead atoms. The summed E-state index contributed by atoms with van der Waals surface area (Å²) in [4.78, 5) is 21.2. The standard InChI is InChI=1S/C12H17N3O2/c1-15-6-2-3-9(8-15)10-4-5-13-11(14-10)7-12(16)17/h4-5,9H,2-3,6-8H2,1H3,(H,16,17). The van der Waals surface area contributed by atoms with Crippen LogP contribution >= 0.6 is 0 Å². The fraction of sp³-hybridized carbons (Fsp3) is 0.583. The zero-order valence-electron chi connectivity index (χ0n) is 9.96. The summed E-state index contributed by atoms with van der Waals surface area (Å²) in [5.74, 6) is -0.0737. The lowest BCUT2D eigenvalue weighted by Gasteiger charge is -2.29. The molecule has 1 unspecified atom stereocenters. The molecule has 0 spiro atoms. The molecule has 0 aliphatic carbocycles. The van der Waals surface area contributed by atoms with Gasteiger partial charge in [-0.2, -0.15) is 0 Å². The summed E-state index contributed by atoms with van der Waals surface area (Å²) in [6, 6.07) is 1.90. The van der Waals surface area contributed by atoms with Gasteiger partial charge < -0.3 is 10.0 Å². The number of carboxylic acids is 1. The van der Waals surface area contributed by atoms with E-state index in [2.05, 4.69) is 21.9 Å². The topological polar surface area (TPSA) is 66.3 Å². The van der Waals surface area contributed by atoms with Crippen LogP contribution in [0.25, 0.3) is 0 Å². The van der Waals surface area contributed by atoms with E-state index in [9.17, 15) is 4.79 Å². The van der Waals surface area contributed by atoms with Gasteiger partial charge in [-0.3, -0.25) is 4.79 Å². The number of likely N-dealkylation sites (tertiary alicyclic amines) is 1. The third-order valence-corrected chi connectivity index (χ3v) is 3.08. The van der Waals surface area contributed by atoms with Crippen LogP contribution in [0.3, 0.4) is 0 Å². The van der Waals surface area contributed by atoms with Gasteiger partial charge in [0.15, 0.2) is 0 Å². The first kappa shape index (κ1) is 12.0.